The molecule has 0 spiro atoms. The fourth-order valence-electron chi connectivity index (χ4n) is 2.21. The van der Waals surface area contributed by atoms with Crippen molar-refractivity contribution in [2.75, 3.05) is 17.2 Å². The quantitative estimate of drug-likeness (QED) is 0.673. The van der Waals surface area contributed by atoms with E-state index in [9.17, 15) is 9.59 Å². The van der Waals surface area contributed by atoms with E-state index in [-0.39, 0.29) is 11.8 Å². The predicted octanol–water partition coefficient (Wildman–Crippen LogP) is 3.02. The van der Waals surface area contributed by atoms with E-state index in [2.05, 4.69) is 32.8 Å². The number of anilines is 3. The number of hydrogen-bond donors (Lipinski definition) is 3. The van der Waals surface area contributed by atoms with Crippen LogP contribution in [-0.2, 0) is 4.79 Å². The van der Waals surface area contributed by atoms with Crippen molar-refractivity contribution in [3.8, 4) is 0 Å². The largest absolute Gasteiger partial charge is 0.351 e. The molecule has 0 fully saturated rings. The van der Waals surface area contributed by atoms with Crippen LogP contribution in [0.25, 0.3) is 0 Å². The topological polar surface area (TPSA) is 96.0 Å². The molecule has 1 heterocycles. The number of hydrogen-bond acceptors (Lipinski definition) is 5. The molecule has 0 aliphatic carbocycles. The second kappa shape index (κ2) is 8.77. The molecule has 0 saturated heterocycles. The van der Waals surface area contributed by atoms with Crippen LogP contribution in [0.2, 0.25) is 0 Å². The first-order valence-corrected chi connectivity index (χ1v) is 8.26. The number of rotatable bonds is 7. The summed E-state index contributed by atoms with van der Waals surface area (Å²) in [5.74, 6) is 0.731. The molecule has 0 unspecified atom stereocenters. The lowest BCUT2D eigenvalue weighted by atomic mass is 10.2. The molecule has 7 heteroatoms. The highest BCUT2D eigenvalue weighted by molar-refractivity contribution is 5.93. The van der Waals surface area contributed by atoms with E-state index in [0.717, 1.165) is 18.5 Å². The van der Waals surface area contributed by atoms with Crippen molar-refractivity contribution in [2.45, 2.75) is 33.6 Å². The van der Waals surface area contributed by atoms with Crippen LogP contribution in [0.5, 0.6) is 0 Å². The van der Waals surface area contributed by atoms with Gasteiger partial charge in [0.2, 0.25) is 5.91 Å². The van der Waals surface area contributed by atoms with E-state index < -0.39 is 0 Å². The van der Waals surface area contributed by atoms with Crippen LogP contribution >= 0.6 is 0 Å². The zero-order chi connectivity index (χ0) is 18.2. The maximum Gasteiger partial charge on any atom is 0.270 e. The zero-order valence-electron chi connectivity index (χ0n) is 14.7. The Bertz CT molecular complexity index is 744. The Morgan fingerprint density at radius 1 is 1.08 bits per heavy atom. The van der Waals surface area contributed by atoms with Gasteiger partial charge >= 0.3 is 0 Å². The van der Waals surface area contributed by atoms with Crippen molar-refractivity contribution in [1.29, 1.82) is 0 Å². The van der Waals surface area contributed by atoms with E-state index in [0.29, 0.717) is 29.6 Å². The number of aryl methyl sites for hydroxylation is 1. The third-order valence-corrected chi connectivity index (χ3v) is 3.36. The first-order chi connectivity index (χ1) is 12.0. The average molecular weight is 341 g/mol. The zero-order valence-corrected chi connectivity index (χ0v) is 14.7. The molecule has 132 valence electrons. The first kappa shape index (κ1) is 18.4. The molecule has 1 aromatic carbocycles. The standard InChI is InChI=1S/C18H23N5O2/c1-4-5-10-19-18(25)16-11-17(21-12(2)20-16)23-15-8-6-14(7-9-15)22-13(3)24/h6-9,11H,4-5,10H2,1-3H3,(H,19,25)(H,22,24)(H,20,21,23). The van der Waals surface area contributed by atoms with Crippen LogP contribution in [-0.4, -0.2) is 28.3 Å². The Morgan fingerprint density at radius 3 is 2.40 bits per heavy atom. The van der Waals surface area contributed by atoms with Crippen molar-refractivity contribution in [3.63, 3.8) is 0 Å². The molecule has 2 aromatic rings. The lowest BCUT2D eigenvalue weighted by molar-refractivity contribution is -0.114. The normalized spacial score (nSPS) is 10.2. The van der Waals surface area contributed by atoms with Crippen molar-refractivity contribution < 1.29 is 9.59 Å². The van der Waals surface area contributed by atoms with Crippen molar-refractivity contribution >= 4 is 29.0 Å². The van der Waals surface area contributed by atoms with Gasteiger partial charge in [0.05, 0.1) is 0 Å². The lowest BCUT2D eigenvalue weighted by Crippen LogP contribution is -2.25. The highest BCUT2D eigenvalue weighted by Crippen LogP contribution is 2.18. The minimum Gasteiger partial charge on any atom is -0.351 e. The van der Waals surface area contributed by atoms with Gasteiger partial charge in [-0.1, -0.05) is 13.3 Å². The Balaban J connectivity index is 2.09. The predicted molar refractivity (Wildman–Crippen MR) is 98.0 cm³/mol. The summed E-state index contributed by atoms with van der Waals surface area (Å²) in [7, 11) is 0. The van der Waals surface area contributed by atoms with E-state index in [4.69, 9.17) is 0 Å². The number of nitrogens with one attached hydrogen (secondary N) is 3. The fraction of sp³-hybridized carbons (Fsp3) is 0.333. The molecule has 2 amide bonds. The maximum absolute atomic E-state index is 12.2. The molecule has 0 aliphatic rings. The van der Waals surface area contributed by atoms with Gasteiger partial charge in [0.15, 0.2) is 0 Å². The van der Waals surface area contributed by atoms with Crippen LogP contribution in [0.15, 0.2) is 30.3 Å². The Labute approximate surface area is 147 Å². The summed E-state index contributed by atoms with van der Waals surface area (Å²) < 4.78 is 0. The van der Waals surface area contributed by atoms with Gasteiger partial charge in [-0.2, -0.15) is 0 Å². The highest BCUT2D eigenvalue weighted by Gasteiger charge is 2.10. The summed E-state index contributed by atoms with van der Waals surface area (Å²) in [6.07, 6.45) is 1.95. The number of aromatic nitrogens is 2. The highest BCUT2D eigenvalue weighted by atomic mass is 16.2. The van der Waals surface area contributed by atoms with E-state index >= 15 is 0 Å². The van der Waals surface area contributed by atoms with E-state index in [1.807, 2.05) is 12.1 Å². The van der Waals surface area contributed by atoms with Gasteiger partial charge in [-0.15, -0.1) is 0 Å². The van der Waals surface area contributed by atoms with Gasteiger partial charge < -0.3 is 16.0 Å². The number of benzene rings is 1. The van der Waals surface area contributed by atoms with Crippen LogP contribution in [0.4, 0.5) is 17.2 Å². The lowest BCUT2D eigenvalue weighted by Gasteiger charge is -2.10. The number of amides is 2. The summed E-state index contributed by atoms with van der Waals surface area (Å²) in [6, 6.07) is 8.84. The molecule has 25 heavy (non-hydrogen) atoms. The van der Waals surface area contributed by atoms with Gasteiger partial charge in [0.25, 0.3) is 5.91 Å². The van der Waals surface area contributed by atoms with Crippen molar-refractivity contribution in [1.82, 2.24) is 15.3 Å². The summed E-state index contributed by atoms with van der Waals surface area (Å²) in [5, 5.41) is 8.70. The maximum atomic E-state index is 12.2. The van der Waals surface area contributed by atoms with Gasteiger partial charge in [-0.05, 0) is 37.6 Å². The molecular formula is C18H23N5O2. The van der Waals surface area contributed by atoms with Gasteiger partial charge in [0.1, 0.15) is 17.3 Å². The molecular weight excluding hydrogens is 318 g/mol. The van der Waals surface area contributed by atoms with Crippen molar-refractivity contribution in [2.24, 2.45) is 0 Å². The summed E-state index contributed by atoms with van der Waals surface area (Å²) in [6.45, 7) is 5.91. The molecule has 3 N–H and O–H groups in total. The Morgan fingerprint density at radius 2 is 1.76 bits per heavy atom. The molecule has 0 saturated carbocycles. The van der Waals surface area contributed by atoms with E-state index in [1.54, 1.807) is 25.1 Å². The monoisotopic (exact) mass is 341 g/mol. The molecule has 0 bridgehead atoms. The molecule has 2 rings (SSSR count). The SMILES string of the molecule is CCCCNC(=O)c1cc(Nc2ccc(NC(C)=O)cc2)nc(C)n1. The Kier molecular flexibility index (Phi) is 6.45. The minimum atomic E-state index is -0.206. The smallest absolute Gasteiger partial charge is 0.270 e. The second-order valence-corrected chi connectivity index (χ2v) is 5.68. The molecule has 0 aliphatic heterocycles. The summed E-state index contributed by atoms with van der Waals surface area (Å²) >= 11 is 0. The second-order valence-electron chi connectivity index (χ2n) is 5.68. The third-order valence-electron chi connectivity index (χ3n) is 3.36. The number of nitrogens with zero attached hydrogens (tertiary/aromatic N) is 2. The summed E-state index contributed by atoms with van der Waals surface area (Å²) in [5.41, 5.74) is 1.85. The molecule has 0 atom stereocenters. The Hall–Kier alpha value is -2.96. The van der Waals surface area contributed by atoms with Crippen LogP contribution < -0.4 is 16.0 Å². The molecule has 1 aromatic heterocycles. The van der Waals surface area contributed by atoms with Gasteiger partial charge in [-0.3, -0.25) is 9.59 Å². The summed E-state index contributed by atoms with van der Waals surface area (Å²) in [4.78, 5) is 31.7. The molecule has 7 nitrogen and oxygen atoms in total. The van der Waals surface area contributed by atoms with Crippen molar-refractivity contribution in [3.05, 3.63) is 41.9 Å². The number of carbonyl (C=O) groups is 2. The van der Waals surface area contributed by atoms with Crippen LogP contribution in [0.1, 0.15) is 43.0 Å². The number of carbonyl (C=O) groups excluding carboxylic acids is 2. The number of unbranched alkanes of at least 4 members (excludes halogenated alkanes) is 1. The fourth-order valence-corrected chi connectivity index (χ4v) is 2.21. The average Bonchev–Trinajstić information content (AvgIpc) is 2.56. The third kappa shape index (κ3) is 5.87. The van der Waals surface area contributed by atoms with E-state index in [1.165, 1.54) is 6.92 Å². The first-order valence-electron chi connectivity index (χ1n) is 8.26. The molecule has 0 radical (unpaired) electrons. The minimum absolute atomic E-state index is 0.120. The van der Waals surface area contributed by atoms with Crippen LogP contribution in [0, 0.1) is 6.92 Å². The van der Waals surface area contributed by atoms with Gasteiger partial charge in [-0.25, -0.2) is 9.97 Å². The van der Waals surface area contributed by atoms with Crippen LogP contribution in [0.3, 0.4) is 0 Å². The van der Waals surface area contributed by atoms with Gasteiger partial charge in [0, 0.05) is 30.9 Å².